The predicted octanol–water partition coefficient (Wildman–Crippen LogP) is 0.728. The molecule has 1 rings (SSSR count). The first-order chi connectivity index (χ1) is 6.58. The van der Waals surface area contributed by atoms with Crippen LogP contribution < -0.4 is 11.1 Å². The first-order valence-electron chi connectivity index (χ1n) is 3.91. The Hall–Kier alpha value is -1.49. The Morgan fingerprint density at radius 2 is 2.29 bits per heavy atom. The fourth-order valence-electron chi connectivity index (χ4n) is 1.01. The van der Waals surface area contributed by atoms with Crippen LogP contribution in [0.1, 0.15) is 5.56 Å². The summed E-state index contributed by atoms with van der Waals surface area (Å²) in [5, 5.41) is 2.18. The second-order valence-corrected chi connectivity index (χ2v) is 3.16. The average molecular weight is 212 g/mol. The van der Waals surface area contributed by atoms with Gasteiger partial charge in [-0.25, -0.2) is 4.39 Å². The summed E-state index contributed by atoms with van der Waals surface area (Å²) in [6, 6.07) is 5.80. The highest BCUT2D eigenvalue weighted by molar-refractivity contribution is 7.80. The lowest BCUT2D eigenvalue weighted by Crippen LogP contribution is -2.35. The molecule has 1 amide bonds. The van der Waals surface area contributed by atoms with Gasteiger partial charge in [0.1, 0.15) is 5.82 Å². The minimum atomic E-state index is -0.370. The molecule has 0 aliphatic carbocycles. The number of halogens is 1. The number of carbonyl (C=O) groups excluding carboxylic acids is 1. The zero-order valence-corrected chi connectivity index (χ0v) is 8.10. The van der Waals surface area contributed by atoms with E-state index in [1.165, 1.54) is 12.1 Å². The Balaban J connectivity index is 2.60. The van der Waals surface area contributed by atoms with Crippen LogP contribution in [0.15, 0.2) is 24.3 Å². The summed E-state index contributed by atoms with van der Waals surface area (Å²) in [6.45, 7) is 0. The quantitative estimate of drug-likeness (QED) is 0.710. The summed E-state index contributed by atoms with van der Waals surface area (Å²) < 4.78 is 12.7. The van der Waals surface area contributed by atoms with Crippen molar-refractivity contribution in [2.75, 3.05) is 0 Å². The molecule has 3 N–H and O–H groups in total. The Labute approximate surface area is 86.1 Å². The SMILES string of the molecule is NC(=S)NC(=O)Cc1cccc(F)c1. The summed E-state index contributed by atoms with van der Waals surface area (Å²) in [6.07, 6.45) is 0.0646. The Kier molecular flexibility index (Phi) is 3.53. The molecule has 0 unspecified atom stereocenters. The van der Waals surface area contributed by atoms with Crippen LogP contribution in [0, 0.1) is 5.82 Å². The molecule has 1 aromatic carbocycles. The van der Waals surface area contributed by atoms with Crippen LogP contribution in [0.4, 0.5) is 4.39 Å². The van der Waals surface area contributed by atoms with Gasteiger partial charge in [-0.15, -0.1) is 0 Å². The van der Waals surface area contributed by atoms with Gasteiger partial charge in [-0.05, 0) is 29.9 Å². The van der Waals surface area contributed by atoms with Crippen LogP contribution in [0.2, 0.25) is 0 Å². The van der Waals surface area contributed by atoms with E-state index in [0.717, 1.165) is 0 Å². The number of rotatable bonds is 2. The molecule has 0 aliphatic rings. The highest BCUT2D eigenvalue weighted by Crippen LogP contribution is 2.03. The molecule has 0 bridgehead atoms. The zero-order chi connectivity index (χ0) is 10.6. The number of benzene rings is 1. The van der Waals surface area contributed by atoms with Crippen LogP contribution in [-0.4, -0.2) is 11.0 Å². The zero-order valence-electron chi connectivity index (χ0n) is 7.29. The van der Waals surface area contributed by atoms with E-state index in [4.69, 9.17) is 5.73 Å². The van der Waals surface area contributed by atoms with Gasteiger partial charge in [0.2, 0.25) is 5.91 Å². The predicted molar refractivity (Wildman–Crippen MR) is 55.0 cm³/mol. The van der Waals surface area contributed by atoms with Crippen molar-refractivity contribution >= 4 is 23.2 Å². The van der Waals surface area contributed by atoms with Crippen LogP contribution in [0.3, 0.4) is 0 Å². The highest BCUT2D eigenvalue weighted by Gasteiger charge is 2.04. The largest absolute Gasteiger partial charge is 0.376 e. The maximum absolute atomic E-state index is 12.7. The number of nitrogens with one attached hydrogen (secondary N) is 1. The molecule has 0 radical (unpaired) electrons. The van der Waals surface area contributed by atoms with Gasteiger partial charge in [-0.3, -0.25) is 4.79 Å². The van der Waals surface area contributed by atoms with Crippen LogP contribution >= 0.6 is 12.2 Å². The van der Waals surface area contributed by atoms with Crippen molar-refractivity contribution in [1.29, 1.82) is 0 Å². The van der Waals surface area contributed by atoms with Crippen LogP contribution in [0.5, 0.6) is 0 Å². The first kappa shape index (κ1) is 10.6. The molecule has 5 heteroatoms. The lowest BCUT2D eigenvalue weighted by atomic mass is 10.1. The Morgan fingerprint density at radius 3 is 2.86 bits per heavy atom. The average Bonchev–Trinajstić information content (AvgIpc) is 2.01. The summed E-state index contributed by atoms with van der Waals surface area (Å²) in [4.78, 5) is 11.1. The van der Waals surface area contributed by atoms with Crippen molar-refractivity contribution < 1.29 is 9.18 Å². The third-order valence-corrected chi connectivity index (χ3v) is 1.62. The standard InChI is InChI=1S/C9H9FN2OS/c10-7-3-1-2-6(4-7)5-8(13)12-9(11)14/h1-4H,5H2,(H3,11,12,13,14). The summed E-state index contributed by atoms with van der Waals surface area (Å²) in [5.41, 5.74) is 5.68. The fraction of sp³-hybridized carbons (Fsp3) is 0.111. The smallest absolute Gasteiger partial charge is 0.230 e. The lowest BCUT2D eigenvalue weighted by molar-refractivity contribution is -0.119. The van der Waals surface area contributed by atoms with E-state index in [-0.39, 0.29) is 23.3 Å². The van der Waals surface area contributed by atoms with Crippen molar-refractivity contribution in [3.63, 3.8) is 0 Å². The van der Waals surface area contributed by atoms with E-state index in [1.54, 1.807) is 12.1 Å². The van der Waals surface area contributed by atoms with Gasteiger partial charge in [0.15, 0.2) is 5.11 Å². The molecule has 3 nitrogen and oxygen atoms in total. The third-order valence-electron chi connectivity index (χ3n) is 1.52. The maximum Gasteiger partial charge on any atom is 0.230 e. The normalized spacial score (nSPS) is 9.50. The van der Waals surface area contributed by atoms with E-state index >= 15 is 0 Å². The van der Waals surface area contributed by atoms with E-state index in [9.17, 15) is 9.18 Å². The van der Waals surface area contributed by atoms with Crippen molar-refractivity contribution in [2.45, 2.75) is 6.42 Å². The molecule has 0 saturated carbocycles. The molecule has 0 aromatic heterocycles. The number of nitrogens with two attached hydrogens (primary N) is 1. The number of hydrogen-bond acceptors (Lipinski definition) is 2. The minimum absolute atomic E-state index is 0.0646. The van der Waals surface area contributed by atoms with E-state index in [0.29, 0.717) is 5.56 Å². The second kappa shape index (κ2) is 4.66. The minimum Gasteiger partial charge on any atom is -0.376 e. The van der Waals surface area contributed by atoms with Gasteiger partial charge in [0.25, 0.3) is 0 Å². The van der Waals surface area contributed by atoms with Crippen molar-refractivity contribution in [3.8, 4) is 0 Å². The molecule has 0 spiro atoms. The Morgan fingerprint density at radius 1 is 1.57 bits per heavy atom. The molecular formula is C9H9FN2OS. The van der Waals surface area contributed by atoms with Gasteiger partial charge in [0.05, 0.1) is 6.42 Å². The fourth-order valence-corrected chi connectivity index (χ4v) is 1.13. The van der Waals surface area contributed by atoms with E-state index < -0.39 is 0 Å². The molecule has 1 aromatic rings. The highest BCUT2D eigenvalue weighted by atomic mass is 32.1. The molecule has 0 heterocycles. The molecule has 74 valence electrons. The van der Waals surface area contributed by atoms with Crippen LogP contribution in [-0.2, 0) is 11.2 Å². The molecular weight excluding hydrogens is 203 g/mol. The van der Waals surface area contributed by atoms with Gasteiger partial charge in [-0.2, -0.15) is 0 Å². The van der Waals surface area contributed by atoms with Gasteiger partial charge < -0.3 is 11.1 Å². The van der Waals surface area contributed by atoms with Gasteiger partial charge in [-0.1, -0.05) is 12.1 Å². The summed E-state index contributed by atoms with van der Waals surface area (Å²) >= 11 is 4.49. The first-order valence-corrected chi connectivity index (χ1v) is 4.32. The number of amides is 1. The molecule has 0 saturated heterocycles. The number of thiocarbonyl (C=S) groups is 1. The van der Waals surface area contributed by atoms with E-state index in [2.05, 4.69) is 17.5 Å². The van der Waals surface area contributed by atoms with E-state index in [1.807, 2.05) is 0 Å². The van der Waals surface area contributed by atoms with Crippen molar-refractivity contribution in [1.82, 2.24) is 5.32 Å². The number of carbonyl (C=O) groups is 1. The van der Waals surface area contributed by atoms with Crippen molar-refractivity contribution in [2.24, 2.45) is 5.73 Å². The third kappa shape index (κ3) is 3.49. The molecule has 14 heavy (non-hydrogen) atoms. The van der Waals surface area contributed by atoms with Gasteiger partial charge >= 0.3 is 0 Å². The molecule has 0 fully saturated rings. The summed E-state index contributed by atoms with van der Waals surface area (Å²) in [5.74, 6) is -0.714. The molecule has 0 atom stereocenters. The molecule has 0 aliphatic heterocycles. The lowest BCUT2D eigenvalue weighted by Gasteiger charge is -2.02. The topological polar surface area (TPSA) is 55.1 Å². The van der Waals surface area contributed by atoms with Crippen LogP contribution in [0.25, 0.3) is 0 Å². The monoisotopic (exact) mass is 212 g/mol. The van der Waals surface area contributed by atoms with Crippen molar-refractivity contribution in [3.05, 3.63) is 35.6 Å². The maximum atomic E-state index is 12.7. The number of hydrogen-bond donors (Lipinski definition) is 2. The Bertz CT molecular complexity index is 368. The second-order valence-electron chi connectivity index (χ2n) is 2.72. The van der Waals surface area contributed by atoms with Gasteiger partial charge in [0, 0.05) is 0 Å². The summed E-state index contributed by atoms with van der Waals surface area (Å²) in [7, 11) is 0.